The summed E-state index contributed by atoms with van der Waals surface area (Å²) in [6, 6.07) is 21.6. The van der Waals surface area contributed by atoms with E-state index in [1.54, 1.807) is 66.9 Å². The van der Waals surface area contributed by atoms with Crippen LogP contribution >= 0.6 is 34.8 Å². The van der Waals surface area contributed by atoms with Gasteiger partial charge in [0.05, 0.1) is 41.1 Å². The molecule has 0 saturated heterocycles. The van der Waals surface area contributed by atoms with E-state index in [1.165, 1.54) is 16.8 Å². The highest BCUT2D eigenvalue weighted by molar-refractivity contribution is 7.89. The summed E-state index contributed by atoms with van der Waals surface area (Å²) in [5, 5.41) is 23.6. The number of carbonyl (C=O) groups is 2. The molecule has 4 aromatic carbocycles. The second-order valence-corrected chi connectivity index (χ2v) is 17.0. The molecule has 59 heavy (non-hydrogen) atoms. The SMILES string of the molecule is Cc1cn(-c2ccc(NC(=O)Cc3ccccc3Cl)cc2S(N)(=O)=O)nc1C.NS(=O)(=O)c1cc(NC(=O)Cc2ccccc2Cl)ccc1-n1cc(Cl)c(C(F)(F)F)n1. The quantitative estimate of drug-likeness (QED) is 0.112. The number of primary sulfonamides is 2. The first-order valence-corrected chi connectivity index (χ1v) is 21.0. The average molecular weight is 912 g/mol. The van der Waals surface area contributed by atoms with Crippen LogP contribution in [0.4, 0.5) is 24.5 Å². The van der Waals surface area contributed by atoms with Gasteiger partial charge in [0.15, 0.2) is 5.69 Å². The average Bonchev–Trinajstić information content (AvgIpc) is 3.70. The summed E-state index contributed by atoms with van der Waals surface area (Å²) in [6.07, 6.45) is -2.34. The minimum Gasteiger partial charge on any atom is -0.326 e. The number of benzene rings is 4. The lowest BCUT2D eigenvalue weighted by Gasteiger charge is -2.12. The van der Waals surface area contributed by atoms with Crippen molar-refractivity contribution in [2.45, 2.75) is 42.7 Å². The van der Waals surface area contributed by atoms with Crippen molar-refractivity contribution in [3.63, 3.8) is 0 Å². The molecule has 0 aliphatic rings. The Morgan fingerprint density at radius 3 is 1.44 bits per heavy atom. The molecule has 0 fully saturated rings. The number of sulfonamides is 2. The number of hydrogen-bond acceptors (Lipinski definition) is 8. The molecule has 2 heterocycles. The van der Waals surface area contributed by atoms with Crippen molar-refractivity contribution in [3.8, 4) is 11.4 Å². The number of nitrogens with one attached hydrogen (secondary N) is 2. The zero-order valence-corrected chi connectivity index (χ0v) is 34.5. The molecule has 6 rings (SSSR count). The Bertz CT molecular complexity index is 2780. The molecule has 6 aromatic rings. The lowest BCUT2D eigenvalue weighted by atomic mass is 10.1. The molecule has 0 saturated carbocycles. The van der Waals surface area contributed by atoms with Gasteiger partial charge in [-0.1, -0.05) is 71.2 Å². The maximum absolute atomic E-state index is 13.0. The van der Waals surface area contributed by atoms with E-state index in [9.17, 15) is 39.6 Å². The summed E-state index contributed by atoms with van der Waals surface area (Å²) >= 11 is 17.7. The zero-order chi connectivity index (χ0) is 43.4. The van der Waals surface area contributed by atoms with Crippen LogP contribution in [0.3, 0.4) is 0 Å². The lowest BCUT2D eigenvalue weighted by molar-refractivity contribution is -0.141. The van der Waals surface area contributed by atoms with Crippen molar-refractivity contribution in [1.29, 1.82) is 0 Å². The van der Waals surface area contributed by atoms with Crippen LogP contribution in [0.1, 0.15) is 28.1 Å². The highest BCUT2D eigenvalue weighted by Gasteiger charge is 2.37. The normalized spacial score (nSPS) is 11.8. The van der Waals surface area contributed by atoms with Gasteiger partial charge in [0.1, 0.15) is 9.79 Å². The van der Waals surface area contributed by atoms with Crippen molar-refractivity contribution < 1.29 is 39.6 Å². The number of anilines is 2. The van der Waals surface area contributed by atoms with Gasteiger partial charge in [0, 0.05) is 27.6 Å². The summed E-state index contributed by atoms with van der Waals surface area (Å²) in [6.45, 7) is 3.70. The first-order valence-electron chi connectivity index (χ1n) is 16.8. The van der Waals surface area contributed by atoms with Gasteiger partial charge < -0.3 is 10.6 Å². The lowest BCUT2D eigenvalue weighted by Crippen LogP contribution is -2.18. The van der Waals surface area contributed by atoms with E-state index in [-0.39, 0.29) is 35.0 Å². The number of nitrogens with two attached hydrogens (primary N) is 2. The highest BCUT2D eigenvalue weighted by atomic mass is 35.5. The number of carbonyl (C=O) groups excluding carboxylic acids is 2. The second-order valence-electron chi connectivity index (χ2n) is 12.7. The molecule has 2 aromatic heterocycles. The van der Waals surface area contributed by atoms with Crippen molar-refractivity contribution in [3.05, 3.63) is 140 Å². The van der Waals surface area contributed by atoms with E-state index >= 15 is 0 Å². The molecule has 2 amide bonds. The molecule has 14 nitrogen and oxygen atoms in total. The number of amides is 2. The van der Waals surface area contributed by atoms with E-state index in [0.717, 1.165) is 29.6 Å². The van der Waals surface area contributed by atoms with E-state index in [1.807, 2.05) is 13.8 Å². The number of alkyl halides is 3. The fraction of sp³-hybridized carbons (Fsp3) is 0.135. The number of rotatable bonds is 10. The van der Waals surface area contributed by atoms with E-state index in [0.29, 0.717) is 37.2 Å². The van der Waals surface area contributed by atoms with E-state index < -0.39 is 47.7 Å². The monoisotopic (exact) mass is 910 g/mol. The Labute approximate surface area is 351 Å². The van der Waals surface area contributed by atoms with Crippen LogP contribution in [0.15, 0.2) is 107 Å². The number of aryl methyl sites for hydroxylation is 2. The van der Waals surface area contributed by atoms with Gasteiger partial charge in [-0.3, -0.25) is 9.59 Å². The molecule has 6 N–H and O–H groups in total. The van der Waals surface area contributed by atoms with Crippen LogP contribution in [-0.2, 0) is 48.7 Å². The van der Waals surface area contributed by atoms with E-state index in [2.05, 4.69) is 20.8 Å². The summed E-state index contributed by atoms with van der Waals surface area (Å²) in [7, 11) is -8.44. The third-order valence-electron chi connectivity index (χ3n) is 8.29. The smallest absolute Gasteiger partial charge is 0.326 e. The van der Waals surface area contributed by atoms with Gasteiger partial charge in [-0.05, 0) is 79.1 Å². The first kappa shape index (κ1) is 44.8. The molecule has 310 valence electrons. The van der Waals surface area contributed by atoms with Gasteiger partial charge >= 0.3 is 6.18 Å². The van der Waals surface area contributed by atoms with Crippen LogP contribution in [0, 0.1) is 13.8 Å². The van der Waals surface area contributed by atoms with Gasteiger partial charge in [-0.25, -0.2) is 36.5 Å². The van der Waals surface area contributed by atoms with Crippen molar-refractivity contribution >= 4 is 78.0 Å². The van der Waals surface area contributed by atoms with Gasteiger partial charge in [-0.2, -0.15) is 23.4 Å². The van der Waals surface area contributed by atoms with Crippen LogP contribution in [-0.4, -0.2) is 48.2 Å². The highest BCUT2D eigenvalue weighted by Crippen LogP contribution is 2.35. The van der Waals surface area contributed by atoms with Crippen LogP contribution in [0.5, 0.6) is 0 Å². The summed E-state index contributed by atoms with van der Waals surface area (Å²) in [4.78, 5) is 23.9. The maximum atomic E-state index is 13.0. The van der Waals surface area contributed by atoms with Crippen LogP contribution in [0.25, 0.3) is 11.4 Å². The van der Waals surface area contributed by atoms with Crippen LogP contribution < -0.4 is 20.9 Å². The summed E-state index contributed by atoms with van der Waals surface area (Å²) in [5.74, 6) is -0.824. The summed E-state index contributed by atoms with van der Waals surface area (Å²) in [5.41, 5.74) is 1.93. The molecule has 0 unspecified atom stereocenters. The van der Waals surface area contributed by atoms with Gasteiger partial charge in [0.25, 0.3) is 0 Å². The van der Waals surface area contributed by atoms with E-state index in [4.69, 9.17) is 45.1 Å². The second kappa shape index (κ2) is 17.9. The molecule has 0 spiro atoms. The molecule has 0 aliphatic heterocycles. The molecule has 0 radical (unpaired) electrons. The van der Waals surface area contributed by atoms with Gasteiger partial charge in [-0.15, -0.1) is 0 Å². The van der Waals surface area contributed by atoms with Crippen molar-refractivity contribution in [2.75, 3.05) is 10.6 Å². The fourth-order valence-corrected chi connectivity index (χ4v) is 7.53. The molecular weight excluding hydrogens is 880 g/mol. The molecule has 0 atom stereocenters. The number of hydrogen-bond donors (Lipinski definition) is 4. The predicted molar refractivity (Wildman–Crippen MR) is 217 cm³/mol. The van der Waals surface area contributed by atoms with Crippen molar-refractivity contribution in [2.24, 2.45) is 10.3 Å². The Balaban J connectivity index is 0.000000225. The molecular formula is C37H32Cl3F3N8O6S2. The number of nitrogens with zero attached hydrogens (tertiary/aromatic N) is 4. The predicted octanol–water partition coefficient (Wildman–Crippen LogP) is 7.00. The minimum atomic E-state index is -4.84. The molecule has 0 aliphatic carbocycles. The fourth-order valence-electron chi connectivity index (χ4n) is 5.40. The van der Waals surface area contributed by atoms with Crippen molar-refractivity contribution in [1.82, 2.24) is 19.6 Å². The number of aromatic nitrogens is 4. The standard InChI is InChI=1S/C19H19ClN4O3S.C18H13Cl2F3N4O3S/c1-12-11-24(23-13(12)2)17-8-7-15(10-18(17)28(21,26)27)22-19(25)9-14-5-3-4-6-16(14)20;19-12-4-2-1-3-10(12)7-16(28)25-11-5-6-14(15(8-11)31(24,29)30)27-9-13(20)17(26-27)18(21,22)23/h3-8,10-11H,9H2,1-2H3,(H,22,25)(H2,21,26,27);1-6,8-9H,7H2,(H,25,28)(H2,24,29,30). The first-order chi connectivity index (χ1) is 27.5. The molecule has 22 heteroatoms. The Hall–Kier alpha value is -5.28. The topological polar surface area (TPSA) is 214 Å². The van der Waals surface area contributed by atoms with Crippen LogP contribution in [0.2, 0.25) is 15.1 Å². The third-order valence-corrected chi connectivity index (χ3v) is 11.2. The largest absolute Gasteiger partial charge is 0.436 e. The third kappa shape index (κ3) is 11.5. The maximum Gasteiger partial charge on any atom is 0.436 e. The minimum absolute atomic E-state index is 0.0547. The Morgan fingerprint density at radius 2 is 1.08 bits per heavy atom. The number of halogens is 6. The Kier molecular flexibility index (Phi) is 13.6. The van der Waals surface area contributed by atoms with Gasteiger partial charge in [0.2, 0.25) is 31.9 Å². The summed E-state index contributed by atoms with van der Waals surface area (Å²) < 4.78 is 89.3. The zero-order valence-electron chi connectivity index (χ0n) is 30.6. The Morgan fingerprint density at radius 1 is 0.661 bits per heavy atom. The molecule has 0 bridgehead atoms.